The first kappa shape index (κ1) is 14.1. The molecular weight excluding hydrogens is 245 g/mol. The van der Waals surface area contributed by atoms with Crippen molar-refractivity contribution in [1.82, 2.24) is 9.80 Å². The van der Waals surface area contributed by atoms with Crippen molar-refractivity contribution < 1.29 is 17.9 Å². The van der Waals surface area contributed by atoms with Crippen molar-refractivity contribution in [2.45, 2.75) is 19.0 Å². The molecule has 0 aromatic carbocycles. The van der Waals surface area contributed by atoms with Gasteiger partial charge in [0.15, 0.2) is 0 Å². The van der Waals surface area contributed by atoms with Gasteiger partial charge in [-0.25, -0.2) is 0 Å². The summed E-state index contributed by atoms with van der Waals surface area (Å²) < 4.78 is 42.3. The quantitative estimate of drug-likeness (QED) is 0.771. The predicted octanol–water partition coefficient (Wildman–Crippen LogP) is 1.59. The van der Waals surface area contributed by atoms with Gasteiger partial charge in [-0.1, -0.05) is 0 Å². The van der Waals surface area contributed by atoms with E-state index < -0.39 is 12.7 Å². The van der Waals surface area contributed by atoms with Crippen LogP contribution in [0.1, 0.15) is 12.8 Å². The standard InChI is InChI=1S/C12H21F3N2O/c13-12(14,15)10-17-4-1-3-16(5-6-17)8-11-2-7-18-9-11/h11H,1-10H2/t11-/m1/s1. The van der Waals surface area contributed by atoms with Crippen molar-refractivity contribution in [3.8, 4) is 0 Å². The highest BCUT2D eigenvalue weighted by Crippen LogP contribution is 2.19. The van der Waals surface area contributed by atoms with Gasteiger partial charge < -0.3 is 9.64 Å². The Bertz CT molecular complexity index is 254. The van der Waals surface area contributed by atoms with Crippen LogP contribution in [0, 0.1) is 5.92 Å². The molecule has 18 heavy (non-hydrogen) atoms. The van der Waals surface area contributed by atoms with E-state index in [0.717, 1.165) is 45.7 Å². The molecule has 2 fully saturated rings. The van der Waals surface area contributed by atoms with Crippen LogP contribution in [0.15, 0.2) is 0 Å². The topological polar surface area (TPSA) is 15.7 Å². The van der Waals surface area contributed by atoms with Gasteiger partial charge in [0.25, 0.3) is 0 Å². The third kappa shape index (κ3) is 4.74. The Kier molecular flexibility index (Phi) is 4.86. The molecular formula is C12H21F3N2O. The third-order valence-corrected chi connectivity index (χ3v) is 3.62. The number of rotatable bonds is 3. The van der Waals surface area contributed by atoms with Crippen LogP contribution in [-0.4, -0.2) is 68.5 Å². The maximum Gasteiger partial charge on any atom is 0.401 e. The minimum Gasteiger partial charge on any atom is -0.381 e. The summed E-state index contributed by atoms with van der Waals surface area (Å²) >= 11 is 0. The molecule has 6 heteroatoms. The van der Waals surface area contributed by atoms with Gasteiger partial charge in [0.2, 0.25) is 0 Å². The molecule has 3 nitrogen and oxygen atoms in total. The second-order valence-electron chi connectivity index (χ2n) is 5.28. The Balaban J connectivity index is 1.73. The van der Waals surface area contributed by atoms with Gasteiger partial charge in [-0.2, -0.15) is 13.2 Å². The third-order valence-electron chi connectivity index (χ3n) is 3.62. The Labute approximate surface area is 106 Å². The summed E-state index contributed by atoms with van der Waals surface area (Å²) in [6.45, 7) is 4.57. The fourth-order valence-corrected chi connectivity index (χ4v) is 2.71. The molecule has 0 unspecified atom stereocenters. The first-order chi connectivity index (χ1) is 8.53. The van der Waals surface area contributed by atoms with E-state index in [2.05, 4.69) is 4.90 Å². The van der Waals surface area contributed by atoms with E-state index in [1.54, 1.807) is 0 Å². The largest absolute Gasteiger partial charge is 0.401 e. The number of halogens is 3. The number of nitrogens with zero attached hydrogens (tertiary/aromatic N) is 2. The lowest BCUT2D eigenvalue weighted by Crippen LogP contribution is -2.38. The molecule has 2 aliphatic rings. The maximum absolute atomic E-state index is 12.3. The summed E-state index contributed by atoms with van der Waals surface area (Å²) in [5, 5.41) is 0. The van der Waals surface area contributed by atoms with Gasteiger partial charge >= 0.3 is 6.18 Å². The van der Waals surface area contributed by atoms with Gasteiger partial charge in [0.05, 0.1) is 13.2 Å². The average molecular weight is 266 g/mol. The molecule has 1 atom stereocenters. The second kappa shape index (κ2) is 6.21. The average Bonchev–Trinajstić information content (AvgIpc) is 2.67. The van der Waals surface area contributed by atoms with E-state index >= 15 is 0 Å². The zero-order valence-electron chi connectivity index (χ0n) is 10.6. The van der Waals surface area contributed by atoms with Gasteiger partial charge in [0.1, 0.15) is 0 Å². The molecule has 0 aliphatic carbocycles. The summed E-state index contributed by atoms with van der Waals surface area (Å²) in [6, 6.07) is 0. The molecule has 0 N–H and O–H groups in total. The van der Waals surface area contributed by atoms with Gasteiger partial charge in [-0.3, -0.25) is 4.90 Å². The van der Waals surface area contributed by atoms with Crippen molar-refractivity contribution in [2.75, 3.05) is 52.5 Å². The molecule has 0 aromatic heterocycles. The number of hydrogen-bond donors (Lipinski definition) is 0. The molecule has 2 heterocycles. The zero-order valence-corrected chi connectivity index (χ0v) is 10.6. The summed E-state index contributed by atoms with van der Waals surface area (Å²) in [4.78, 5) is 3.81. The van der Waals surface area contributed by atoms with E-state index in [1.165, 1.54) is 4.90 Å². The van der Waals surface area contributed by atoms with E-state index in [-0.39, 0.29) is 0 Å². The zero-order chi connectivity index (χ0) is 13.0. The lowest BCUT2D eigenvalue weighted by atomic mass is 10.1. The fraction of sp³-hybridized carbons (Fsp3) is 1.00. The molecule has 2 aliphatic heterocycles. The smallest absolute Gasteiger partial charge is 0.381 e. The van der Waals surface area contributed by atoms with E-state index in [4.69, 9.17) is 4.74 Å². The number of hydrogen-bond acceptors (Lipinski definition) is 3. The van der Waals surface area contributed by atoms with Crippen molar-refractivity contribution in [3.05, 3.63) is 0 Å². The summed E-state index contributed by atoms with van der Waals surface area (Å²) in [5.41, 5.74) is 0. The van der Waals surface area contributed by atoms with Crippen molar-refractivity contribution in [2.24, 2.45) is 5.92 Å². The Morgan fingerprint density at radius 3 is 2.44 bits per heavy atom. The Morgan fingerprint density at radius 2 is 1.78 bits per heavy atom. The van der Waals surface area contributed by atoms with Crippen molar-refractivity contribution in [1.29, 1.82) is 0 Å². The van der Waals surface area contributed by atoms with Crippen LogP contribution in [0.5, 0.6) is 0 Å². The van der Waals surface area contributed by atoms with Crippen LogP contribution < -0.4 is 0 Å². The minimum absolute atomic E-state index is 0.521. The first-order valence-electron chi connectivity index (χ1n) is 6.62. The number of ether oxygens (including phenoxy) is 1. The summed E-state index contributed by atoms with van der Waals surface area (Å²) in [7, 11) is 0. The highest BCUT2D eigenvalue weighted by molar-refractivity contribution is 4.75. The van der Waals surface area contributed by atoms with E-state index in [0.29, 0.717) is 19.0 Å². The fourth-order valence-electron chi connectivity index (χ4n) is 2.71. The lowest BCUT2D eigenvalue weighted by molar-refractivity contribution is -0.145. The van der Waals surface area contributed by atoms with Gasteiger partial charge in [0, 0.05) is 26.2 Å². The molecule has 0 amide bonds. The van der Waals surface area contributed by atoms with Crippen LogP contribution in [0.25, 0.3) is 0 Å². The Morgan fingerprint density at radius 1 is 1.06 bits per heavy atom. The molecule has 0 bridgehead atoms. The molecule has 2 saturated heterocycles. The maximum atomic E-state index is 12.3. The minimum atomic E-state index is -4.07. The SMILES string of the molecule is FC(F)(F)CN1CCCN(C[C@H]2CCOC2)CC1. The van der Waals surface area contributed by atoms with Crippen LogP contribution >= 0.6 is 0 Å². The monoisotopic (exact) mass is 266 g/mol. The molecule has 0 radical (unpaired) electrons. The molecule has 0 spiro atoms. The molecule has 0 aromatic rings. The normalized spacial score (nSPS) is 28.5. The van der Waals surface area contributed by atoms with Gasteiger partial charge in [-0.05, 0) is 31.8 Å². The number of alkyl halides is 3. The Hall–Kier alpha value is -0.330. The highest BCUT2D eigenvalue weighted by atomic mass is 19.4. The molecule has 2 rings (SSSR count). The summed E-state index contributed by atoms with van der Waals surface area (Å²) in [5.74, 6) is 0.569. The van der Waals surface area contributed by atoms with E-state index in [9.17, 15) is 13.2 Å². The lowest BCUT2D eigenvalue weighted by Gasteiger charge is -2.24. The van der Waals surface area contributed by atoms with Crippen LogP contribution in [0.4, 0.5) is 13.2 Å². The van der Waals surface area contributed by atoms with Gasteiger partial charge in [-0.15, -0.1) is 0 Å². The molecule has 0 saturated carbocycles. The second-order valence-corrected chi connectivity index (χ2v) is 5.28. The van der Waals surface area contributed by atoms with Crippen LogP contribution in [0.2, 0.25) is 0 Å². The predicted molar refractivity (Wildman–Crippen MR) is 62.5 cm³/mol. The molecule has 106 valence electrons. The van der Waals surface area contributed by atoms with E-state index in [1.807, 2.05) is 0 Å². The van der Waals surface area contributed by atoms with Crippen LogP contribution in [0.3, 0.4) is 0 Å². The highest BCUT2D eigenvalue weighted by Gasteiger charge is 2.31. The first-order valence-corrected chi connectivity index (χ1v) is 6.62. The van der Waals surface area contributed by atoms with Crippen molar-refractivity contribution >= 4 is 0 Å². The van der Waals surface area contributed by atoms with Crippen LogP contribution in [-0.2, 0) is 4.74 Å². The summed E-state index contributed by atoms with van der Waals surface area (Å²) in [6.07, 6.45) is -2.17. The van der Waals surface area contributed by atoms with Crippen molar-refractivity contribution in [3.63, 3.8) is 0 Å².